The number of aromatic amines is 1. The quantitative estimate of drug-likeness (QED) is 0.504. The third kappa shape index (κ3) is 3.30. The summed E-state index contributed by atoms with van der Waals surface area (Å²) in [5, 5.41) is 2.94. The van der Waals surface area contributed by atoms with Crippen molar-refractivity contribution >= 4 is 35.4 Å². The van der Waals surface area contributed by atoms with Crippen molar-refractivity contribution in [2.24, 2.45) is 0 Å². The Kier molecular flexibility index (Phi) is 4.72. The van der Waals surface area contributed by atoms with Gasteiger partial charge in [-0.25, -0.2) is 0 Å². The van der Waals surface area contributed by atoms with Crippen molar-refractivity contribution in [3.63, 3.8) is 0 Å². The molecule has 0 bridgehead atoms. The number of hydrogen-bond acceptors (Lipinski definition) is 3. The second-order valence-corrected chi connectivity index (χ2v) is 6.35. The molecule has 1 aliphatic rings. The van der Waals surface area contributed by atoms with Crippen molar-refractivity contribution < 1.29 is 14.3 Å². The van der Waals surface area contributed by atoms with E-state index in [1.165, 1.54) is 0 Å². The lowest BCUT2D eigenvalue weighted by Gasteiger charge is -2.05. The lowest BCUT2D eigenvalue weighted by molar-refractivity contribution is -0.110. The van der Waals surface area contributed by atoms with Crippen LogP contribution in [-0.4, -0.2) is 25.1 Å². The molecule has 0 spiro atoms. The van der Waals surface area contributed by atoms with E-state index in [-0.39, 0.29) is 5.91 Å². The first-order valence-corrected chi connectivity index (χ1v) is 8.89. The van der Waals surface area contributed by atoms with Crippen LogP contribution in [0.3, 0.4) is 0 Å². The molecule has 5 heteroatoms. The van der Waals surface area contributed by atoms with E-state index >= 15 is 0 Å². The highest BCUT2D eigenvalue weighted by atomic mass is 16.5. The van der Waals surface area contributed by atoms with Crippen molar-refractivity contribution in [1.82, 2.24) is 4.98 Å². The van der Waals surface area contributed by atoms with E-state index < -0.39 is 0 Å². The Morgan fingerprint density at radius 2 is 1.75 bits per heavy atom. The molecule has 4 rings (SSSR count). The number of ether oxygens (including phenoxy) is 2. The summed E-state index contributed by atoms with van der Waals surface area (Å²) < 4.78 is 10.5. The molecule has 0 aliphatic carbocycles. The zero-order valence-electron chi connectivity index (χ0n) is 15.7. The molecule has 5 nitrogen and oxygen atoms in total. The van der Waals surface area contributed by atoms with Gasteiger partial charge in [0.15, 0.2) is 0 Å². The number of H-pyrrole nitrogens is 1. The summed E-state index contributed by atoms with van der Waals surface area (Å²) in [6.07, 6.45) is 7.64. The second kappa shape index (κ2) is 7.48. The number of carbonyl (C=O) groups excluding carboxylic acids is 1. The second-order valence-electron chi connectivity index (χ2n) is 6.35. The summed E-state index contributed by atoms with van der Waals surface area (Å²) in [5.74, 6) is 1.38. The number of fused-ring (bicyclic) bond motifs is 1. The highest BCUT2D eigenvalue weighted by molar-refractivity contribution is 6.35. The van der Waals surface area contributed by atoms with Gasteiger partial charge in [-0.05, 0) is 41.5 Å². The van der Waals surface area contributed by atoms with E-state index in [1.54, 1.807) is 20.4 Å². The van der Waals surface area contributed by atoms with Crippen molar-refractivity contribution in [3.8, 4) is 11.5 Å². The predicted octanol–water partition coefficient (Wildman–Crippen LogP) is 4.70. The fraction of sp³-hybridized carbons (Fsp3) is 0.0870. The van der Waals surface area contributed by atoms with Gasteiger partial charge in [-0.3, -0.25) is 4.79 Å². The molecule has 1 aliphatic heterocycles. The molecule has 140 valence electrons. The maximum absolute atomic E-state index is 12.6. The minimum atomic E-state index is -0.128. The Hall–Kier alpha value is -3.73. The summed E-state index contributed by atoms with van der Waals surface area (Å²) in [5.41, 5.74) is 5.06. The van der Waals surface area contributed by atoms with Crippen LogP contribution in [0.5, 0.6) is 11.5 Å². The van der Waals surface area contributed by atoms with E-state index in [2.05, 4.69) is 10.3 Å². The maximum atomic E-state index is 12.6. The largest absolute Gasteiger partial charge is 0.497 e. The SMILES string of the molecule is COc1ccc(/C=C/c2cccc3c2C(=Cc2[nH]ccc2OC)C(=O)N3)cc1. The van der Waals surface area contributed by atoms with Crippen LogP contribution in [0, 0.1) is 0 Å². The maximum Gasteiger partial charge on any atom is 0.256 e. The predicted molar refractivity (Wildman–Crippen MR) is 112 cm³/mol. The van der Waals surface area contributed by atoms with Crippen molar-refractivity contribution in [1.29, 1.82) is 0 Å². The van der Waals surface area contributed by atoms with Crippen LogP contribution in [0.25, 0.3) is 23.8 Å². The average molecular weight is 372 g/mol. The molecule has 0 saturated heterocycles. The van der Waals surface area contributed by atoms with Gasteiger partial charge < -0.3 is 19.8 Å². The zero-order chi connectivity index (χ0) is 19.5. The van der Waals surface area contributed by atoms with E-state index in [0.29, 0.717) is 11.3 Å². The Balaban J connectivity index is 1.73. The summed E-state index contributed by atoms with van der Waals surface area (Å²) in [6, 6.07) is 15.5. The Bertz CT molecular complexity index is 1080. The molecule has 0 radical (unpaired) electrons. The normalized spacial score (nSPS) is 14.4. The number of hydrogen-bond donors (Lipinski definition) is 2. The van der Waals surface area contributed by atoms with E-state index in [9.17, 15) is 4.79 Å². The van der Waals surface area contributed by atoms with Gasteiger partial charge >= 0.3 is 0 Å². The summed E-state index contributed by atoms with van der Waals surface area (Å²) in [7, 11) is 3.26. The number of rotatable bonds is 5. The van der Waals surface area contributed by atoms with Crippen molar-refractivity contribution in [3.05, 3.63) is 77.1 Å². The van der Waals surface area contributed by atoms with Crippen LogP contribution in [-0.2, 0) is 4.79 Å². The van der Waals surface area contributed by atoms with Crippen LogP contribution in [0.15, 0.2) is 54.7 Å². The van der Waals surface area contributed by atoms with Crippen LogP contribution in [0.2, 0.25) is 0 Å². The van der Waals surface area contributed by atoms with Gasteiger partial charge in [0.05, 0.1) is 25.5 Å². The zero-order valence-corrected chi connectivity index (χ0v) is 15.7. The number of amides is 1. The van der Waals surface area contributed by atoms with Crippen molar-refractivity contribution in [2.75, 3.05) is 19.5 Å². The standard InChI is InChI=1S/C23H20N2O3/c1-27-17-10-7-15(8-11-17)6-9-16-4-3-5-19-22(16)18(23(26)25-19)14-20-21(28-2)12-13-24-20/h3-14,24H,1-2H3,(H,25,26)/b9-6+,18-14?. The van der Waals surface area contributed by atoms with Crippen LogP contribution < -0.4 is 14.8 Å². The molecule has 1 aromatic heterocycles. The molecule has 0 unspecified atom stereocenters. The van der Waals surface area contributed by atoms with Gasteiger partial charge in [0.25, 0.3) is 5.91 Å². The van der Waals surface area contributed by atoms with Gasteiger partial charge in [0.2, 0.25) is 0 Å². The molecule has 2 heterocycles. The van der Waals surface area contributed by atoms with Crippen LogP contribution >= 0.6 is 0 Å². The molecule has 0 atom stereocenters. The lowest BCUT2D eigenvalue weighted by atomic mass is 9.98. The third-order valence-electron chi connectivity index (χ3n) is 4.68. The summed E-state index contributed by atoms with van der Waals surface area (Å²) in [6.45, 7) is 0. The Labute approximate surface area is 163 Å². The van der Waals surface area contributed by atoms with E-state index in [1.807, 2.05) is 66.8 Å². The monoisotopic (exact) mass is 372 g/mol. The van der Waals surface area contributed by atoms with E-state index in [4.69, 9.17) is 9.47 Å². The van der Waals surface area contributed by atoms with E-state index in [0.717, 1.165) is 33.8 Å². The molecule has 3 aromatic rings. The minimum absolute atomic E-state index is 0.128. The van der Waals surface area contributed by atoms with Gasteiger partial charge in [0, 0.05) is 17.4 Å². The van der Waals surface area contributed by atoms with Crippen molar-refractivity contribution in [2.45, 2.75) is 0 Å². The molecular weight excluding hydrogens is 352 g/mol. The summed E-state index contributed by atoms with van der Waals surface area (Å²) in [4.78, 5) is 15.7. The highest BCUT2D eigenvalue weighted by Gasteiger charge is 2.26. The fourth-order valence-electron chi connectivity index (χ4n) is 3.26. The fourth-order valence-corrected chi connectivity index (χ4v) is 3.26. The number of carbonyl (C=O) groups is 1. The van der Waals surface area contributed by atoms with Gasteiger partial charge in [-0.2, -0.15) is 0 Å². The number of anilines is 1. The molecule has 0 fully saturated rings. The lowest BCUT2D eigenvalue weighted by Crippen LogP contribution is -2.03. The van der Waals surface area contributed by atoms with Crippen LogP contribution in [0.4, 0.5) is 5.69 Å². The average Bonchev–Trinajstić information content (AvgIpc) is 3.31. The topological polar surface area (TPSA) is 63.4 Å². The molecule has 2 aromatic carbocycles. The van der Waals surface area contributed by atoms with Gasteiger partial charge in [0.1, 0.15) is 11.5 Å². The first-order valence-electron chi connectivity index (χ1n) is 8.89. The molecule has 28 heavy (non-hydrogen) atoms. The van der Waals surface area contributed by atoms with Gasteiger partial charge in [-0.1, -0.05) is 36.4 Å². The van der Waals surface area contributed by atoms with Gasteiger partial charge in [-0.15, -0.1) is 0 Å². The number of methoxy groups -OCH3 is 2. The summed E-state index contributed by atoms with van der Waals surface area (Å²) >= 11 is 0. The molecule has 0 saturated carbocycles. The molecular formula is C23H20N2O3. The number of aromatic nitrogens is 1. The molecule has 1 amide bonds. The highest BCUT2D eigenvalue weighted by Crippen LogP contribution is 2.37. The first-order chi connectivity index (χ1) is 13.7. The third-order valence-corrected chi connectivity index (χ3v) is 4.68. The number of benzene rings is 2. The van der Waals surface area contributed by atoms with Crippen LogP contribution in [0.1, 0.15) is 22.4 Å². The Morgan fingerprint density at radius 3 is 2.50 bits per heavy atom. The number of nitrogens with one attached hydrogen (secondary N) is 2. The first kappa shape index (κ1) is 17.7. The Morgan fingerprint density at radius 1 is 0.929 bits per heavy atom. The smallest absolute Gasteiger partial charge is 0.256 e. The molecule has 2 N–H and O–H groups in total. The minimum Gasteiger partial charge on any atom is -0.497 e.